The van der Waals surface area contributed by atoms with E-state index in [0.717, 1.165) is 12.1 Å². The highest BCUT2D eigenvalue weighted by Gasteiger charge is 2.33. The number of likely N-dealkylation sites (N-methyl/N-ethyl adjacent to an activating group) is 1. The van der Waals surface area contributed by atoms with E-state index < -0.39 is 30.1 Å². The predicted octanol–water partition coefficient (Wildman–Crippen LogP) is 2.78. The van der Waals surface area contributed by atoms with Crippen LogP contribution in [0, 0.1) is 0 Å². The van der Waals surface area contributed by atoms with E-state index in [1.807, 2.05) is 0 Å². The Hall–Kier alpha value is -3.76. The van der Waals surface area contributed by atoms with Gasteiger partial charge in [-0.2, -0.15) is 18.3 Å². The Morgan fingerprint density at radius 2 is 1.93 bits per heavy atom. The maximum atomic E-state index is 13.1. The third kappa shape index (κ3) is 4.80. The molecule has 0 aliphatic heterocycles. The monoisotopic (exact) mass is 418 g/mol. The molecule has 0 aliphatic carbocycles. The Morgan fingerprint density at radius 1 is 1.17 bits per heavy atom. The Morgan fingerprint density at radius 3 is 2.53 bits per heavy atom. The number of carbonyl (C=O) groups is 2. The summed E-state index contributed by atoms with van der Waals surface area (Å²) in [6.45, 7) is 1.43. The molecule has 2 aromatic heterocycles. The fraction of sp³-hybridized carbons (Fsp3) is 0.211. The van der Waals surface area contributed by atoms with Crippen molar-refractivity contribution in [2.24, 2.45) is 0 Å². The molecular formula is C19H17F3N6O2. The second kappa shape index (κ2) is 8.72. The summed E-state index contributed by atoms with van der Waals surface area (Å²) in [4.78, 5) is 34.1. The van der Waals surface area contributed by atoms with Crippen molar-refractivity contribution in [1.82, 2.24) is 24.6 Å². The zero-order valence-corrected chi connectivity index (χ0v) is 15.8. The summed E-state index contributed by atoms with van der Waals surface area (Å²) in [6.07, 6.45) is -0.485. The van der Waals surface area contributed by atoms with Crippen molar-refractivity contribution in [3.63, 3.8) is 0 Å². The minimum absolute atomic E-state index is 0.179. The fourth-order valence-corrected chi connectivity index (χ4v) is 2.69. The van der Waals surface area contributed by atoms with Crippen LogP contribution in [0.25, 0.3) is 5.82 Å². The third-order valence-corrected chi connectivity index (χ3v) is 4.16. The molecular weight excluding hydrogens is 401 g/mol. The highest BCUT2D eigenvalue weighted by molar-refractivity contribution is 5.99. The van der Waals surface area contributed by atoms with Gasteiger partial charge in [-0.05, 0) is 31.2 Å². The van der Waals surface area contributed by atoms with Crippen molar-refractivity contribution in [3.8, 4) is 5.82 Å². The van der Waals surface area contributed by atoms with Crippen molar-refractivity contribution in [1.29, 1.82) is 0 Å². The van der Waals surface area contributed by atoms with Gasteiger partial charge in [0.15, 0.2) is 5.82 Å². The summed E-state index contributed by atoms with van der Waals surface area (Å²) in [5.41, 5.74) is -1.10. The lowest BCUT2D eigenvalue weighted by Gasteiger charge is -2.21. The van der Waals surface area contributed by atoms with E-state index in [1.165, 1.54) is 46.6 Å². The van der Waals surface area contributed by atoms with Crippen LogP contribution < -0.4 is 5.32 Å². The van der Waals surface area contributed by atoms with Crippen LogP contribution >= 0.6 is 0 Å². The minimum Gasteiger partial charge on any atom is -0.330 e. The topological polar surface area (TPSA) is 93.0 Å². The molecule has 1 aromatic carbocycles. The largest absolute Gasteiger partial charge is 0.418 e. The number of alkyl halides is 3. The van der Waals surface area contributed by atoms with E-state index in [-0.39, 0.29) is 17.8 Å². The molecule has 0 radical (unpaired) electrons. The van der Waals surface area contributed by atoms with Gasteiger partial charge in [0, 0.05) is 12.7 Å². The van der Waals surface area contributed by atoms with E-state index in [9.17, 15) is 22.8 Å². The molecule has 30 heavy (non-hydrogen) atoms. The maximum Gasteiger partial charge on any atom is 0.418 e. The lowest BCUT2D eigenvalue weighted by atomic mass is 10.1. The number of aromatic nitrogens is 4. The number of carbonyl (C=O) groups excluding carboxylic acids is 2. The molecule has 3 rings (SSSR count). The Bertz CT molecular complexity index is 1020. The van der Waals surface area contributed by atoms with E-state index in [2.05, 4.69) is 20.4 Å². The zero-order chi connectivity index (χ0) is 21.7. The lowest BCUT2D eigenvalue weighted by Crippen LogP contribution is -2.38. The Balaban J connectivity index is 1.69. The number of benzene rings is 1. The number of nitrogens with one attached hydrogen (secondary N) is 1. The number of anilines is 1. The summed E-state index contributed by atoms with van der Waals surface area (Å²) < 4.78 is 40.7. The Labute approximate surface area is 169 Å². The standard InChI is InChI=1S/C19H17F3N6O2/c1-2-27(10-17(29)26-15-6-4-3-5-14(15)19(20,21)22)18(30)13-7-8-16(24-9-13)28-12-23-11-25-28/h3-9,11-12H,2,10H2,1H3,(H,26,29). The fourth-order valence-electron chi connectivity index (χ4n) is 2.69. The molecule has 0 saturated heterocycles. The number of rotatable bonds is 6. The first kappa shape index (κ1) is 21.0. The molecule has 2 heterocycles. The molecule has 1 N–H and O–H groups in total. The molecule has 8 nitrogen and oxygen atoms in total. The van der Waals surface area contributed by atoms with Crippen LogP contribution in [0.1, 0.15) is 22.8 Å². The van der Waals surface area contributed by atoms with Gasteiger partial charge in [0.25, 0.3) is 5.91 Å². The highest BCUT2D eigenvalue weighted by atomic mass is 19.4. The molecule has 156 valence electrons. The van der Waals surface area contributed by atoms with Gasteiger partial charge in [0.2, 0.25) is 5.91 Å². The molecule has 0 saturated carbocycles. The van der Waals surface area contributed by atoms with E-state index in [1.54, 1.807) is 13.0 Å². The van der Waals surface area contributed by atoms with Crippen molar-refractivity contribution in [2.45, 2.75) is 13.1 Å². The molecule has 0 bridgehead atoms. The van der Waals surface area contributed by atoms with Crippen molar-refractivity contribution in [3.05, 3.63) is 66.4 Å². The van der Waals surface area contributed by atoms with Crippen LogP contribution in [0.4, 0.5) is 18.9 Å². The first-order valence-electron chi connectivity index (χ1n) is 8.86. The van der Waals surface area contributed by atoms with Gasteiger partial charge in [0.05, 0.1) is 16.8 Å². The second-order valence-electron chi connectivity index (χ2n) is 6.16. The molecule has 2 amide bonds. The van der Waals surface area contributed by atoms with Crippen LogP contribution in [0.15, 0.2) is 55.2 Å². The number of hydrogen-bond donors (Lipinski definition) is 1. The van der Waals surface area contributed by atoms with Gasteiger partial charge < -0.3 is 10.2 Å². The molecule has 3 aromatic rings. The predicted molar refractivity (Wildman–Crippen MR) is 101 cm³/mol. The third-order valence-electron chi connectivity index (χ3n) is 4.16. The number of halogens is 3. The SMILES string of the molecule is CCN(CC(=O)Nc1ccccc1C(F)(F)F)C(=O)c1ccc(-n2cncn2)nc1. The van der Waals surface area contributed by atoms with Gasteiger partial charge in [-0.1, -0.05) is 12.1 Å². The maximum absolute atomic E-state index is 13.1. The molecule has 0 fully saturated rings. The van der Waals surface area contributed by atoms with Crippen molar-refractivity contribution in [2.75, 3.05) is 18.4 Å². The first-order chi connectivity index (χ1) is 14.3. The number of amides is 2. The lowest BCUT2D eigenvalue weighted by molar-refractivity contribution is -0.137. The molecule has 0 aliphatic rings. The van der Waals surface area contributed by atoms with Gasteiger partial charge in [-0.3, -0.25) is 9.59 Å². The van der Waals surface area contributed by atoms with E-state index in [0.29, 0.717) is 5.82 Å². The van der Waals surface area contributed by atoms with Crippen LogP contribution in [0.3, 0.4) is 0 Å². The quantitative estimate of drug-likeness (QED) is 0.665. The van der Waals surface area contributed by atoms with Gasteiger partial charge in [-0.15, -0.1) is 0 Å². The number of hydrogen-bond acceptors (Lipinski definition) is 5. The van der Waals surface area contributed by atoms with E-state index >= 15 is 0 Å². The van der Waals surface area contributed by atoms with Crippen LogP contribution in [0.5, 0.6) is 0 Å². The van der Waals surface area contributed by atoms with Gasteiger partial charge in [-0.25, -0.2) is 14.6 Å². The summed E-state index contributed by atoms with van der Waals surface area (Å²) >= 11 is 0. The summed E-state index contributed by atoms with van der Waals surface area (Å²) in [5.74, 6) is -0.767. The zero-order valence-electron chi connectivity index (χ0n) is 15.8. The molecule has 0 unspecified atom stereocenters. The van der Waals surface area contributed by atoms with Gasteiger partial charge in [0.1, 0.15) is 19.2 Å². The summed E-state index contributed by atoms with van der Waals surface area (Å²) in [5, 5.41) is 6.16. The molecule has 11 heteroatoms. The molecule has 0 spiro atoms. The highest BCUT2D eigenvalue weighted by Crippen LogP contribution is 2.34. The normalized spacial score (nSPS) is 11.2. The number of para-hydroxylation sites is 1. The van der Waals surface area contributed by atoms with Crippen LogP contribution in [-0.4, -0.2) is 49.6 Å². The minimum atomic E-state index is -4.61. The average Bonchev–Trinajstić information content (AvgIpc) is 3.26. The first-order valence-corrected chi connectivity index (χ1v) is 8.86. The number of nitrogens with zero attached hydrogens (tertiary/aromatic N) is 5. The van der Waals surface area contributed by atoms with Crippen LogP contribution in [0.2, 0.25) is 0 Å². The Kier molecular flexibility index (Phi) is 6.09. The second-order valence-corrected chi connectivity index (χ2v) is 6.16. The average molecular weight is 418 g/mol. The van der Waals surface area contributed by atoms with Crippen LogP contribution in [-0.2, 0) is 11.0 Å². The summed E-state index contributed by atoms with van der Waals surface area (Å²) in [7, 11) is 0. The smallest absolute Gasteiger partial charge is 0.330 e. The van der Waals surface area contributed by atoms with Crippen molar-refractivity contribution >= 4 is 17.5 Å². The van der Waals surface area contributed by atoms with Gasteiger partial charge >= 0.3 is 6.18 Å². The summed E-state index contributed by atoms with van der Waals surface area (Å²) in [6, 6.07) is 7.74. The van der Waals surface area contributed by atoms with Crippen molar-refractivity contribution < 1.29 is 22.8 Å². The van der Waals surface area contributed by atoms with E-state index in [4.69, 9.17) is 0 Å². The number of pyridine rings is 1. The molecule has 0 atom stereocenters.